The van der Waals surface area contributed by atoms with Gasteiger partial charge < -0.3 is 9.80 Å². The van der Waals surface area contributed by atoms with Crippen LogP contribution in [0.3, 0.4) is 0 Å². The predicted molar refractivity (Wildman–Crippen MR) is 108 cm³/mol. The molecule has 0 unspecified atom stereocenters. The molecular formula is C21H26N2OS. The maximum absolute atomic E-state index is 12.0. The average Bonchev–Trinajstić information content (AvgIpc) is 2.79. The summed E-state index contributed by atoms with van der Waals surface area (Å²) in [6, 6.07) is 17.4. The van der Waals surface area contributed by atoms with Gasteiger partial charge in [-0.2, -0.15) is 11.8 Å². The van der Waals surface area contributed by atoms with Gasteiger partial charge in [-0.3, -0.25) is 4.79 Å². The van der Waals surface area contributed by atoms with E-state index in [9.17, 15) is 4.79 Å². The van der Waals surface area contributed by atoms with Crippen LogP contribution in [-0.4, -0.2) is 43.0 Å². The van der Waals surface area contributed by atoms with Gasteiger partial charge in [0.05, 0.1) is 5.75 Å². The Hall–Kier alpha value is -1.94. The monoisotopic (exact) mass is 354 g/mol. The highest BCUT2D eigenvalue weighted by molar-refractivity contribution is 7.99. The summed E-state index contributed by atoms with van der Waals surface area (Å²) in [6.07, 6.45) is 5.09. The number of benzene rings is 2. The number of nitrogens with zero attached hydrogens (tertiary/aromatic N) is 2. The molecule has 0 saturated carbocycles. The van der Waals surface area contributed by atoms with E-state index in [1.54, 1.807) is 11.8 Å². The number of para-hydroxylation sites is 2. The summed E-state index contributed by atoms with van der Waals surface area (Å²) in [5.41, 5.74) is 5.44. The van der Waals surface area contributed by atoms with Gasteiger partial charge >= 0.3 is 0 Å². The van der Waals surface area contributed by atoms with Gasteiger partial charge in [0, 0.05) is 31.5 Å². The first-order chi connectivity index (χ1) is 12.2. The Bertz CT molecular complexity index is 684. The summed E-state index contributed by atoms with van der Waals surface area (Å²) < 4.78 is 0. The highest BCUT2D eigenvalue weighted by atomic mass is 32.2. The molecule has 1 aliphatic heterocycles. The summed E-state index contributed by atoms with van der Waals surface area (Å²) in [4.78, 5) is 16.3. The molecule has 0 N–H and O–H groups in total. The minimum Gasteiger partial charge on any atom is -0.345 e. The fraction of sp³-hybridized carbons (Fsp3) is 0.381. The quantitative estimate of drug-likeness (QED) is 0.779. The Morgan fingerprint density at radius 1 is 1.04 bits per heavy atom. The lowest BCUT2D eigenvalue weighted by molar-refractivity contribution is -0.127. The van der Waals surface area contributed by atoms with Gasteiger partial charge in [0.25, 0.3) is 0 Å². The number of anilines is 2. The molecule has 2 aromatic carbocycles. The smallest absolute Gasteiger partial charge is 0.232 e. The van der Waals surface area contributed by atoms with Crippen molar-refractivity contribution < 1.29 is 4.79 Å². The normalized spacial score (nSPS) is 13.0. The van der Waals surface area contributed by atoms with Crippen molar-refractivity contribution in [2.24, 2.45) is 0 Å². The van der Waals surface area contributed by atoms with Crippen molar-refractivity contribution in [1.29, 1.82) is 0 Å². The Balaban J connectivity index is 1.77. The van der Waals surface area contributed by atoms with E-state index in [1.165, 1.54) is 22.5 Å². The van der Waals surface area contributed by atoms with E-state index in [0.29, 0.717) is 5.75 Å². The number of hydrogen-bond donors (Lipinski definition) is 0. The number of rotatable bonds is 6. The number of aryl methyl sites for hydroxylation is 2. The van der Waals surface area contributed by atoms with Crippen LogP contribution in [0.1, 0.15) is 17.5 Å². The molecule has 132 valence electrons. The molecule has 2 aromatic rings. The van der Waals surface area contributed by atoms with Crippen molar-refractivity contribution in [2.75, 3.05) is 37.0 Å². The maximum Gasteiger partial charge on any atom is 0.232 e. The summed E-state index contributed by atoms with van der Waals surface area (Å²) in [5, 5.41) is 0. The predicted octanol–water partition coefficient (Wildman–Crippen LogP) is 4.13. The summed E-state index contributed by atoms with van der Waals surface area (Å²) in [5.74, 6) is 0.774. The van der Waals surface area contributed by atoms with Crippen LogP contribution < -0.4 is 4.90 Å². The fourth-order valence-corrected chi connectivity index (χ4v) is 3.90. The topological polar surface area (TPSA) is 23.6 Å². The number of amides is 1. The maximum atomic E-state index is 12.0. The van der Waals surface area contributed by atoms with Gasteiger partial charge in [0.2, 0.25) is 5.91 Å². The molecule has 1 aliphatic rings. The van der Waals surface area contributed by atoms with Crippen LogP contribution in [0, 0.1) is 0 Å². The molecule has 0 atom stereocenters. The molecule has 25 heavy (non-hydrogen) atoms. The molecule has 1 amide bonds. The Kier molecular flexibility index (Phi) is 6.03. The van der Waals surface area contributed by atoms with Crippen molar-refractivity contribution >= 4 is 29.0 Å². The Morgan fingerprint density at radius 2 is 1.60 bits per heavy atom. The van der Waals surface area contributed by atoms with Crippen LogP contribution in [0.2, 0.25) is 0 Å². The van der Waals surface area contributed by atoms with Gasteiger partial charge in [-0.05, 0) is 48.8 Å². The molecule has 4 heteroatoms. The third-order valence-corrected chi connectivity index (χ3v) is 5.33. The largest absolute Gasteiger partial charge is 0.345 e. The zero-order chi connectivity index (χ0) is 17.6. The third-order valence-electron chi connectivity index (χ3n) is 4.80. The fourth-order valence-electron chi connectivity index (χ4n) is 3.44. The average molecular weight is 355 g/mol. The SMILES string of the molecule is CSCC(=O)N(C)CCCN1c2ccccc2CCc2ccccc21. The lowest BCUT2D eigenvalue weighted by Gasteiger charge is -2.28. The minimum atomic E-state index is 0.212. The second kappa shape index (κ2) is 8.43. The zero-order valence-corrected chi connectivity index (χ0v) is 15.9. The number of thioether (sulfide) groups is 1. The molecule has 0 spiro atoms. The number of carbonyl (C=O) groups is 1. The summed E-state index contributed by atoms with van der Waals surface area (Å²) in [6.45, 7) is 1.71. The number of hydrogen-bond acceptors (Lipinski definition) is 3. The lowest BCUT2D eigenvalue weighted by atomic mass is 10.0. The van der Waals surface area contributed by atoms with Crippen molar-refractivity contribution in [1.82, 2.24) is 4.90 Å². The molecular weight excluding hydrogens is 328 g/mol. The van der Waals surface area contributed by atoms with Gasteiger partial charge in [-0.15, -0.1) is 0 Å². The van der Waals surface area contributed by atoms with Crippen LogP contribution in [0.4, 0.5) is 11.4 Å². The minimum absolute atomic E-state index is 0.212. The molecule has 0 fully saturated rings. The second-order valence-corrected chi connectivity index (χ2v) is 7.38. The number of fused-ring (bicyclic) bond motifs is 2. The standard InChI is InChI=1S/C21H26N2OS/c1-22(21(24)16-25-2)14-7-15-23-19-10-5-3-8-17(19)12-13-18-9-4-6-11-20(18)23/h3-6,8-11H,7,12-16H2,1-2H3. The van der Waals surface area contributed by atoms with E-state index in [2.05, 4.69) is 53.4 Å². The first-order valence-corrected chi connectivity index (χ1v) is 10.3. The number of carbonyl (C=O) groups excluding carboxylic acids is 1. The molecule has 0 bridgehead atoms. The van der Waals surface area contributed by atoms with E-state index in [4.69, 9.17) is 0 Å². The van der Waals surface area contributed by atoms with Crippen molar-refractivity contribution in [3.8, 4) is 0 Å². The lowest BCUT2D eigenvalue weighted by Crippen LogP contribution is -2.31. The van der Waals surface area contributed by atoms with E-state index in [-0.39, 0.29) is 5.91 Å². The third kappa shape index (κ3) is 4.18. The Labute approximate surface area is 155 Å². The summed E-state index contributed by atoms with van der Waals surface area (Å²) in [7, 11) is 1.91. The van der Waals surface area contributed by atoms with Gasteiger partial charge in [0.1, 0.15) is 0 Å². The molecule has 3 nitrogen and oxygen atoms in total. The Morgan fingerprint density at radius 3 is 2.16 bits per heavy atom. The molecule has 0 aliphatic carbocycles. The van der Waals surface area contributed by atoms with Gasteiger partial charge in [0.15, 0.2) is 0 Å². The van der Waals surface area contributed by atoms with Crippen molar-refractivity contribution in [3.63, 3.8) is 0 Å². The van der Waals surface area contributed by atoms with Crippen LogP contribution in [0.25, 0.3) is 0 Å². The van der Waals surface area contributed by atoms with Crippen molar-refractivity contribution in [3.05, 3.63) is 59.7 Å². The highest BCUT2D eigenvalue weighted by Gasteiger charge is 2.20. The highest BCUT2D eigenvalue weighted by Crippen LogP contribution is 2.35. The molecule has 1 heterocycles. The van der Waals surface area contributed by atoms with E-state index >= 15 is 0 Å². The second-order valence-electron chi connectivity index (χ2n) is 6.51. The van der Waals surface area contributed by atoms with E-state index < -0.39 is 0 Å². The molecule has 3 rings (SSSR count). The molecule has 0 aromatic heterocycles. The van der Waals surface area contributed by atoms with Crippen molar-refractivity contribution in [2.45, 2.75) is 19.3 Å². The molecule has 0 saturated heterocycles. The van der Waals surface area contributed by atoms with Crippen LogP contribution in [-0.2, 0) is 17.6 Å². The zero-order valence-electron chi connectivity index (χ0n) is 15.1. The summed E-state index contributed by atoms with van der Waals surface area (Å²) >= 11 is 1.58. The first kappa shape index (κ1) is 17.9. The molecule has 0 radical (unpaired) electrons. The van der Waals surface area contributed by atoms with Gasteiger partial charge in [-0.25, -0.2) is 0 Å². The first-order valence-electron chi connectivity index (χ1n) is 8.87. The van der Waals surface area contributed by atoms with E-state index in [1.807, 2.05) is 18.2 Å². The van der Waals surface area contributed by atoms with E-state index in [0.717, 1.165) is 32.4 Å². The van der Waals surface area contributed by atoms with Gasteiger partial charge in [-0.1, -0.05) is 36.4 Å². The van der Waals surface area contributed by atoms with Crippen LogP contribution >= 0.6 is 11.8 Å². The van der Waals surface area contributed by atoms with Crippen LogP contribution in [0.5, 0.6) is 0 Å². The van der Waals surface area contributed by atoms with Crippen LogP contribution in [0.15, 0.2) is 48.5 Å².